The molecule has 1 aromatic heterocycles. The lowest BCUT2D eigenvalue weighted by Gasteiger charge is -2.27. The number of nitrogens with one attached hydrogen (secondary N) is 1. The van der Waals surface area contributed by atoms with Gasteiger partial charge in [0, 0.05) is 52.3 Å². The van der Waals surface area contributed by atoms with Crippen LogP contribution in [0.5, 0.6) is 0 Å². The summed E-state index contributed by atoms with van der Waals surface area (Å²) in [4.78, 5) is 37.6. The van der Waals surface area contributed by atoms with Gasteiger partial charge >= 0.3 is 0 Å². The minimum absolute atomic E-state index is 0.0172. The van der Waals surface area contributed by atoms with Gasteiger partial charge in [0.15, 0.2) is 0 Å². The van der Waals surface area contributed by atoms with Crippen molar-refractivity contribution >= 4 is 34.4 Å². The van der Waals surface area contributed by atoms with Crippen LogP contribution < -0.4 is 5.32 Å². The number of thiazole rings is 1. The maximum atomic E-state index is 13.9. The number of carbonyl (C=O) groups is 2. The molecule has 43 heavy (non-hydrogen) atoms. The molecule has 0 fully saturated rings. The van der Waals surface area contributed by atoms with E-state index in [1.807, 2.05) is 83.8 Å². The van der Waals surface area contributed by atoms with Crippen LogP contribution in [0.4, 0.5) is 5.69 Å². The first-order valence-electron chi connectivity index (χ1n) is 14.9. The number of aryl methyl sites for hydroxylation is 1. The van der Waals surface area contributed by atoms with Crippen LogP contribution >= 0.6 is 11.3 Å². The lowest BCUT2D eigenvalue weighted by molar-refractivity contribution is 0.0804. The van der Waals surface area contributed by atoms with Gasteiger partial charge in [-0.2, -0.15) is 0 Å². The van der Waals surface area contributed by atoms with Crippen LogP contribution in [0.2, 0.25) is 0 Å². The highest BCUT2D eigenvalue weighted by atomic mass is 32.1. The standard InChI is InChI=1S/C36H36N4O2S/c1-39(2)23-10-17-33-38-34-30-15-8-9-16-31(30)40(24-22-32(34)43-33)36(42)26-18-20-27(21-19-26)37-35(41)29-14-7-6-13-28(29)25-11-4-3-5-12-25/h3-8,11-15,18-21H,9-10,16-17,22-24H2,1-2H3,(H,37,41). The Morgan fingerprint density at radius 2 is 1.72 bits per heavy atom. The third-order valence-corrected chi connectivity index (χ3v) is 9.09. The molecule has 6 nitrogen and oxygen atoms in total. The van der Waals surface area contributed by atoms with Gasteiger partial charge < -0.3 is 15.1 Å². The molecule has 6 rings (SSSR count). The molecule has 7 heteroatoms. The first kappa shape index (κ1) is 28.8. The summed E-state index contributed by atoms with van der Waals surface area (Å²) in [7, 11) is 4.20. The quantitative estimate of drug-likeness (QED) is 0.234. The van der Waals surface area contributed by atoms with Gasteiger partial charge in [-0.05, 0) is 81.4 Å². The van der Waals surface area contributed by atoms with E-state index in [0.717, 1.165) is 66.7 Å². The molecule has 0 atom stereocenters. The lowest BCUT2D eigenvalue weighted by atomic mass is 9.99. The smallest absolute Gasteiger partial charge is 0.258 e. The second-order valence-electron chi connectivity index (χ2n) is 11.2. The van der Waals surface area contributed by atoms with Crippen molar-refractivity contribution in [1.82, 2.24) is 14.8 Å². The third-order valence-electron chi connectivity index (χ3n) is 7.92. The van der Waals surface area contributed by atoms with Crippen molar-refractivity contribution in [2.75, 3.05) is 32.5 Å². The predicted octanol–water partition coefficient (Wildman–Crippen LogP) is 7.32. The van der Waals surface area contributed by atoms with Crippen LogP contribution in [0, 0.1) is 0 Å². The summed E-state index contributed by atoms with van der Waals surface area (Å²) in [5.41, 5.74) is 6.92. The highest BCUT2D eigenvalue weighted by Gasteiger charge is 2.29. The van der Waals surface area contributed by atoms with E-state index in [1.54, 1.807) is 11.3 Å². The SMILES string of the molecule is CN(C)CCCc1nc2c(s1)CCN(C(=O)c1ccc(NC(=O)c3ccccc3-c3ccccc3)cc1)C1=C2C=CCC1. The lowest BCUT2D eigenvalue weighted by Crippen LogP contribution is -2.32. The van der Waals surface area contributed by atoms with E-state index in [-0.39, 0.29) is 11.8 Å². The monoisotopic (exact) mass is 588 g/mol. The molecule has 0 saturated carbocycles. The van der Waals surface area contributed by atoms with Gasteiger partial charge in [-0.15, -0.1) is 11.3 Å². The Kier molecular flexibility index (Phi) is 8.63. The van der Waals surface area contributed by atoms with Gasteiger partial charge in [0.2, 0.25) is 0 Å². The fourth-order valence-electron chi connectivity index (χ4n) is 5.76. The number of hydrogen-bond donors (Lipinski definition) is 1. The zero-order valence-corrected chi connectivity index (χ0v) is 25.5. The number of benzene rings is 3. The number of allylic oxidation sites excluding steroid dienone is 4. The van der Waals surface area contributed by atoms with Crippen LogP contribution in [0.15, 0.2) is 96.7 Å². The van der Waals surface area contributed by atoms with Gasteiger partial charge in [-0.3, -0.25) is 9.59 Å². The van der Waals surface area contributed by atoms with E-state index in [9.17, 15) is 9.59 Å². The molecule has 1 aliphatic heterocycles. The minimum atomic E-state index is -0.186. The third kappa shape index (κ3) is 6.38. The van der Waals surface area contributed by atoms with Crippen molar-refractivity contribution in [3.05, 3.63) is 123 Å². The molecule has 0 bridgehead atoms. The Labute approximate surface area is 257 Å². The summed E-state index contributed by atoms with van der Waals surface area (Å²) in [6.07, 6.45) is 8.93. The van der Waals surface area contributed by atoms with Crippen molar-refractivity contribution in [2.24, 2.45) is 0 Å². The molecule has 0 spiro atoms. The largest absolute Gasteiger partial charge is 0.322 e. The van der Waals surface area contributed by atoms with Crippen molar-refractivity contribution in [3.8, 4) is 11.1 Å². The molecule has 2 amide bonds. The summed E-state index contributed by atoms with van der Waals surface area (Å²) >= 11 is 1.80. The van der Waals surface area contributed by atoms with Gasteiger partial charge in [0.05, 0.1) is 10.7 Å². The average Bonchev–Trinajstić information content (AvgIpc) is 3.37. The van der Waals surface area contributed by atoms with E-state index in [0.29, 0.717) is 23.4 Å². The zero-order valence-electron chi connectivity index (χ0n) is 24.7. The topological polar surface area (TPSA) is 65.5 Å². The predicted molar refractivity (Wildman–Crippen MR) is 175 cm³/mol. The summed E-state index contributed by atoms with van der Waals surface area (Å²) in [5.74, 6) is -0.203. The van der Waals surface area contributed by atoms with Gasteiger partial charge in [-0.1, -0.05) is 60.7 Å². The zero-order chi connectivity index (χ0) is 29.8. The molecule has 3 aromatic carbocycles. The molecule has 4 aromatic rings. The molecule has 0 saturated heterocycles. The fraction of sp³-hybridized carbons (Fsp3) is 0.250. The Morgan fingerprint density at radius 1 is 0.953 bits per heavy atom. The first-order valence-corrected chi connectivity index (χ1v) is 15.7. The Balaban J connectivity index is 1.19. The highest BCUT2D eigenvalue weighted by Crippen LogP contribution is 2.37. The van der Waals surface area contributed by atoms with Crippen molar-refractivity contribution in [1.29, 1.82) is 0 Å². The number of amides is 2. The fourth-order valence-corrected chi connectivity index (χ4v) is 6.87. The number of aromatic nitrogens is 1. The molecule has 1 aliphatic carbocycles. The van der Waals surface area contributed by atoms with Crippen LogP contribution in [-0.4, -0.2) is 53.8 Å². The Hall–Kier alpha value is -4.33. The number of anilines is 1. The van der Waals surface area contributed by atoms with Crippen LogP contribution in [-0.2, 0) is 12.8 Å². The average molecular weight is 589 g/mol. The van der Waals surface area contributed by atoms with E-state index in [1.165, 1.54) is 9.88 Å². The Morgan fingerprint density at radius 3 is 2.51 bits per heavy atom. The van der Waals surface area contributed by atoms with E-state index < -0.39 is 0 Å². The summed E-state index contributed by atoms with van der Waals surface area (Å²) < 4.78 is 0. The number of fused-ring (bicyclic) bond motifs is 2. The molecule has 218 valence electrons. The van der Waals surface area contributed by atoms with Gasteiger partial charge in [-0.25, -0.2) is 4.98 Å². The van der Waals surface area contributed by atoms with Crippen molar-refractivity contribution in [2.45, 2.75) is 32.1 Å². The second-order valence-corrected chi connectivity index (χ2v) is 12.4. The van der Waals surface area contributed by atoms with Crippen LogP contribution in [0.25, 0.3) is 16.7 Å². The second kappa shape index (κ2) is 12.9. The molecular formula is C36H36N4O2S. The van der Waals surface area contributed by atoms with E-state index >= 15 is 0 Å². The first-order chi connectivity index (χ1) is 21.0. The molecule has 0 unspecified atom stereocenters. The van der Waals surface area contributed by atoms with E-state index in [4.69, 9.17) is 4.98 Å². The maximum Gasteiger partial charge on any atom is 0.258 e. The highest BCUT2D eigenvalue weighted by molar-refractivity contribution is 7.11. The van der Waals surface area contributed by atoms with Crippen LogP contribution in [0.1, 0.15) is 55.6 Å². The summed E-state index contributed by atoms with van der Waals surface area (Å²) in [6, 6.07) is 24.7. The minimum Gasteiger partial charge on any atom is -0.322 e. The normalized spacial score (nSPS) is 14.3. The molecular weight excluding hydrogens is 552 g/mol. The summed E-state index contributed by atoms with van der Waals surface area (Å²) in [5, 5.41) is 4.19. The molecule has 2 aliphatic rings. The van der Waals surface area contributed by atoms with Crippen LogP contribution in [0.3, 0.4) is 0 Å². The number of hydrogen-bond acceptors (Lipinski definition) is 5. The van der Waals surface area contributed by atoms with Gasteiger partial charge in [0.25, 0.3) is 11.8 Å². The number of rotatable bonds is 8. The van der Waals surface area contributed by atoms with Crippen molar-refractivity contribution in [3.63, 3.8) is 0 Å². The number of nitrogens with zero attached hydrogens (tertiary/aromatic N) is 3. The molecule has 0 radical (unpaired) electrons. The van der Waals surface area contributed by atoms with Gasteiger partial charge in [0.1, 0.15) is 0 Å². The van der Waals surface area contributed by atoms with E-state index in [2.05, 4.69) is 36.5 Å². The number of carbonyl (C=O) groups excluding carboxylic acids is 2. The van der Waals surface area contributed by atoms with Crippen molar-refractivity contribution < 1.29 is 9.59 Å². The molecule has 1 N–H and O–H groups in total. The summed E-state index contributed by atoms with van der Waals surface area (Å²) in [6.45, 7) is 1.68. The maximum absolute atomic E-state index is 13.9. The molecule has 2 heterocycles. The Bertz CT molecular complexity index is 1690.